The van der Waals surface area contributed by atoms with E-state index in [0.717, 1.165) is 53.2 Å². The second-order valence-electron chi connectivity index (χ2n) is 11.4. The number of piperidine rings is 2. The predicted molar refractivity (Wildman–Crippen MR) is 163 cm³/mol. The van der Waals surface area contributed by atoms with Gasteiger partial charge in [0, 0.05) is 36.4 Å². The summed E-state index contributed by atoms with van der Waals surface area (Å²) in [4.78, 5) is 34.3. The van der Waals surface area contributed by atoms with Crippen molar-refractivity contribution in [2.24, 2.45) is 0 Å². The first kappa shape index (κ1) is 26.9. The third-order valence-corrected chi connectivity index (χ3v) is 9.64. The van der Waals surface area contributed by atoms with Gasteiger partial charge in [-0.3, -0.25) is 9.59 Å². The first-order valence-corrected chi connectivity index (χ1v) is 15.5. The molecule has 206 valence electrons. The van der Waals surface area contributed by atoms with Crippen molar-refractivity contribution in [3.63, 3.8) is 0 Å². The van der Waals surface area contributed by atoms with Gasteiger partial charge in [0.1, 0.15) is 0 Å². The number of thioether (sulfide) groups is 1. The maximum absolute atomic E-state index is 13.7. The molecule has 0 bridgehead atoms. The van der Waals surface area contributed by atoms with Crippen LogP contribution in [0.1, 0.15) is 59.2 Å². The number of amides is 2. The van der Waals surface area contributed by atoms with E-state index in [9.17, 15) is 9.59 Å². The van der Waals surface area contributed by atoms with Gasteiger partial charge in [-0.1, -0.05) is 65.9 Å². The van der Waals surface area contributed by atoms with E-state index < -0.39 is 0 Å². The summed E-state index contributed by atoms with van der Waals surface area (Å²) in [5.74, 6) is 0.122. The molecular weight excluding hydrogens is 514 g/mol. The van der Waals surface area contributed by atoms with Gasteiger partial charge in [-0.2, -0.15) is 0 Å². The maximum Gasteiger partial charge on any atom is 0.265 e. The number of hydrogen-bond donors (Lipinski definition) is 1. The van der Waals surface area contributed by atoms with E-state index in [4.69, 9.17) is 0 Å². The minimum Gasteiger partial charge on any atom is -0.338 e. The summed E-state index contributed by atoms with van der Waals surface area (Å²) < 4.78 is 0. The lowest BCUT2D eigenvalue weighted by molar-refractivity contribution is -0.931. The summed E-state index contributed by atoms with van der Waals surface area (Å²) >= 11 is 1.52. The number of carbonyl (C=O) groups excluding carboxylic acids is 2. The molecule has 0 unspecified atom stereocenters. The topological polar surface area (TPSA) is 45.1 Å². The maximum atomic E-state index is 13.7. The van der Waals surface area contributed by atoms with Crippen LogP contribution in [-0.4, -0.2) is 48.9 Å². The molecule has 3 aliphatic heterocycles. The Morgan fingerprint density at radius 2 is 1.70 bits per heavy atom. The molecule has 0 radical (unpaired) electrons. The fourth-order valence-electron chi connectivity index (χ4n) is 6.37. The highest BCUT2D eigenvalue weighted by Crippen LogP contribution is 2.42. The Bertz CT molecular complexity index is 1400. The van der Waals surface area contributed by atoms with Crippen molar-refractivity contribution in [1.29, 1.82) is 0 Å². The van der Waals surface area contributed by atoms with E-state index in [1.807, 2.05) is 64.4 Å². The first-order chi connectivity index (χ1) is 19.5. The molecule has 3 aromatic rings. The number of nitrogens with one attached hydrogen (secondary N) is 1. The Kier molecular flexibility index (Phi) is 8.08. The van der Waals surface area contributed by atoms with Gasteiger partial charge >= 0.3 is 0 Å². The minimum atomic E-state index is 0.00376. The molecule has 1 N–H and O–H groups in total. The number of hydrogen-bond acceptors (Lipinski definition) is 3. The third kappa shape index (κ3) is 5.89. The van der Waals surface area contributed by atoms with E-state index in [1.165, 1.54) is 49.7 Å². The van der Waals surface area contributed by atoms with Crippen molar-refractivity contribution >= 4 is 35.3 Å². The van der Waals surface area contributed by atoms with Crippen molar-refractivity contribution < 1.29 is 14.5 Å². The van der Waals surface area contributed by atoms with Gasteiger partial charge in [-0.05, 0) is 67.7 Å². The number of fused-ring (bicyclic) bond motifs is 1. The number of carbonyl (C=O) groups is 2. The standard InChI is InChI=1S/C34H37N3O2S/c1-25-8-7-9-27(22-25)24-37-30-10-3-4-11-31(30)40-32(34(37)39)23-26-12-14-28(15-13-26)33(38)36-20-16-29(17-21-36)35-18-5-2-6-19-35/h3-4,7-15,22-23,29H,2,5-6,16-21,24H2,1H3/p+1. The van der Waals surface area contributed by atoms with E-state index >= 15 is 0 Å². The third-order valence-electron chi connectivity index (χ3n) is 8.57. The number of aryl methyl sites for hydroxylation is 1. The zero-order chi connectivity index (χ0) is 27.5. The average molecular weight is 553 g/mol. The molecule has 0 aliphatic carbocycles. The fraction of sp³-hybridized carbons (Fsp3) is 0.353. The number of nitrogens with zero attached hydrogens (tertiary/aromatic N) is 2. The largest absolute Gasteiger partial charge is 0.338 e. The summed E-state index contributed by atoms with van der Waals surface area (Å²) in [5, 5.41) is 0. The lowest BCUT2D eigenvalue weighted by atomic mass is 9.99. The molecule has 0 saturated carbocycles. The Balaban J connectivity index is 1.15. The lowest BCUT2D eigenvalue weighted by Gasteiger charge is -2.37. The number of benzene rings is 3. The summed E-state index contributed by atoms with van der Waals surface area (Å²) in [5.41, 5.74) is 4.89. The zero-order valence-electron chi connectivity index (χ0n) is 23.3. The zero-order valence-corrected chi connectivity index (χ0v) is 24.1. The van der Waals surface area contributed by atoms with Gasteiger partial charge in [-0.15, -0.1) is 0 Å². The Hall–Kier alpha value is -3.35. The molecule has 0 aromatic heterocycles. The van der Waals surface area contributed by atoms with Crippen LogP contribution in [0.2, 0.25) is 0 Å². The van der Waals surface area contributed by atoms with Gasteiger partial charge in [0.2, 0.25) is 0 Å². The Labute approximate surface area is 241 Å². The summed E-state index contributed by atoms with van der Waals surface area (Å²) in [6, 6.07) is 24.9. The minimum absolute atomic E-state index is 0.00376. The molecule has 2 saturated heterocycles. The van der Waals surface area contributed by atoms with Crippen LogP contribution in [0.4, 0.5) is 5.69 Å². The SMILES string of the molecule is Cc1cccc(CN2C(=O)C(=Cc3ccc(C(=O)N4CCC([NH+]5CCCCC5)CC4)cc3)Sc3ccccc32)c1. The molecule has 6 rings (SSSR count). The monoisotopic (exact) mass is 552 g/mol. The van der Waals surface area contributed by atoms with Crippen LogP contribution in [-0.2, 0) is 11.3 Å². The molecule has 40 heavy (non-hydrogen) atoms. The number of likely N-dealkylation sites (tertiary alicyclic amines) is 2. The molecule has 6 heteroatoms. The quantitative estimate of drug-likeness (QED) is 0.434. The van der Waals surface area contributed by atoms with Crippen LogP contribution in [0.25, 0.3) is 6.08 Å². The smallest absolute Gasteiger partial charge is 0.265 e. The molecule has 2 fully saturated rings. The summed E-state index contributed by atoms with van der Waals surface area (Å²) in [6.07, 6.45) is 8.22. The van der Waals surface area contributed by atoms with Crippen LogP contribution >= 0.6 is 11.8 Å². The second-order valence-corrected chi connectivity index (χ2v) is 12.4. The van der Waals surface area contributed by atoms with E-state index in [-0.39, 0.29) is 11.8 Å². The van der Waals surface area contributed by atoms with Crippen LogP contribution < -0.4 is 9.80 Å². The first-order valence-electron chi connectivity index (χ1n) is 14.6. The molecule has 2 amide bonds. The van der Waals surface area contributed by atoms with Gasteiger partial charge in [0.15, 0.2) is 0 Å². The predicted octanol–water partition coefficient (Wildman–Crippen LogP) is 5.35. The highest BCUT2D eigenvalue weighted by Gasteiger charge is 2.31. The van der Waals surface area contributed by atoms with Gasteiger partial charge in [0.05, 0.1) is 36.3 Å². The molecule has 3 heterocycles. The van der Waals surface area contributed by atoms with Crippen molar-refractivity contribution in [2.75, 3.05) is 31.1 Å². The van der Waals surface area contributed by atoms with Crippen LogP contribution in [0.15, 0.2) is 82.6 Å². The van der Waals surface area contributed by atoms with Crippen LogP contribution in [0.5, 0.6) is 0 Å². The number of rotatable bonds is 5. The molecule has 0 atom stereocenters. The highest BCUT2D eigenvalue weighted by atomic mass is 32.2. The van der Waals surface area contributed by atoms with Crippen molar-refractivity contribution in [3.05, 3.63) is 100.0 Å². The lowest BCUT2D eigenvalue weighted by Crippen LogP contribution is -3.16. The molecular formula is C34H38N3O2S+. The fourth-order valence-corrected chi connectivity index (χ4v) is 7.43. The molecule has 0 spiro atoms. The number of quaternary nitrogens is 1. The second kappa shape index (κ2) is 12.0. The van der Waals surface area contributed by atoms with Gasteiger partial charge < -0.3 is 14.7 Å². The molecule has 5 nitrogen and oxygen atoms in total. The highest BCUT2D eigenvalue weighted by molar-refractivity contribution is 8.04. The number of anilines is 1. The van der Waals surface area contributed by atoms with E-state index in [2.05, 4.69) is 31.2 Å². The number of para-hydroxylation sites is 1. The van der Waals surface area contributed by atoms with Gasteiger partial charge in [-0.25, -0.2) is 0 Å². The van der Waals surface area contributed by atoms with Crippen LogP contribution in [0, 0.1) is 6.92 Å². The average Bonchev–Trinajstić information content (AvgIpc) is 3.00. The van der Waals surface area contributed by atoms with Crippen LogP contribution in [0.3, 0.4) is 0 Å². The van der Waals surface area contributed by atoms with Gasteiger partial charge in [0.25, 0.3) is 11.8 Å². The normalized spacial score (nSPS) is 19.6. The van der Waals surface area contributed by atoms with Crippen molar-refractivity contribution in [2.45, 2.75) is 56.5 Å². The van der Waals surface area contributed by atoms with E-state index in [1.54, 1.807) is 4.90 Å². The van der Waals surface area contributed by atoms with E-state index in [0.29, 0.717) is 17.5 Å². The Morgan fingerprint density at radius 1 is 0.950 bits per heavy atom. The van der Waals surface area contributed by atoms with Crippen molar-refractivity contribution in [1.82, 2.24) is 4.90 Å². The summed E-state index contributed by atoms with van der Waals surface area (Å²) in [7, 11) is 0. The van der Waals surface area contributed by atoms with Crippen molar-refractivity contribution in [3.8, 4) is 0 Å². The summed E-state index contributed by atoms with van der Waals surface area (Å²) in [6.45, 7) is 6.89. The molecule has 3 aromatic carbocycles. The Morgan fingerprint density at radius 3 is 2.45 bits per heavy atom. The molecule has 3 aliphatic rings.